The number of rotatable bonds is 8. The van der Waals surface area contributed by atoms with E-state index in [4.69, 9.17) is 15.2 Å². The van der Waals surface area contributed by atoms with Gasteiger partial charge < -0.3 is 25.6 Å². The number of nitrogens with one attached hydrogen (secondary N) is 1. The zero-order valence-corrected chi connectivity index (χ0v) is 18.4. The molecule has 2 heterocycles. The number of nitrogens with two attached hydrogens (primary N) is 1. The molecule has 172 valence electrons. The third-order valence-electron chi connectivity index (χ3n) is 5.99. The molecule has 2 aromatic rings. The van der Waals surface area contributed by atoms with Gasteiger partial charge in [0.1, 0.15) is 17.5 Å². The quantitative estimate of drug-likeness (QED) is 0.513. The number of amides is 1. The molecule has 10 nitrogen and oxygen atoms in total. The Bertz CT molecular complexity index is 948. The lowest BCUT2D eigenvalue weighted by molar-refractivity contribution is 0.0364. The van der Waals surface area contributed by atoms with Crippen LogP contribution in [-0.2, 0) is 11.3 Å². The van der Waals surface area contributed by atoms with Crippen LogP contribution in [0.5, 0.6) is 5.75 Å². The van der Waals surface area contributed by atoms with E-state index >= 15 is 0 Å². The zero-order valence-electron chi connectivity index (χ0n) is 18.4. The summed E-state index contributed by atoms with van der Waals surface area (Å²) in [6.45, 7) is 7.83. The first-order valence-electron chi connectivity index (χ1n) is 10.7. The number of methoxy groups -OCH3 is 1. The summed E-state index contributed by atoms with van der Waals surface area (Å²) in [6.07, 6.45) is -0.526. The number of hydrogen-bond acceptors (Lipinski definition) is 7. The molecule has 0 spiro atoms. The molecule has 1 unspecified atom stereocenters. The third kappa shape index (κ3) is 4.93. The molecule has 31 heavy (non-hydrogen) atoms. The van der Waals surface area contributed by atoms with Crippen molar-refractivity contribution in [2.24, 2.45) is 11.7 Å². The van der Waals surface area contributed by atoms with Crippen molar-refractivity contribution in [2.75, 3.05) is 40.0 Å². The van der Waals surface area contributed by atoms with E-state index in [1.165, 1.54) is 7.11 Å². The lowest BCUT2D eigenvalue weighted by Gasteiger charge is -2.26. The molecular weight excluding hydrogens is 402 g/mol. The minimum atomic E-state index is -1.24. The molecule has 4 N–H and O–H groups in total. The smallest absolute Gasteiger partial charge is 0.337 e. The SMILES string of the molecule is CC[C@H](C)[C@H](NC(=O)n1c(=O)n(CCN2CCOCC2)c2c(OC)cccc21)C(N)O. The predicted octanol–water partition coefficient (Wildman–Crippen LogP) is 0.393. The molecule has 1 amide bonds. The second-order valence-electron chi connectivity index (χ2n) is 7.90. The minimum absolute atomic E-state index is 0.0659. The average molecular weight is 436 g/mol. The fraction of sp³-hybridized carbons (Fsp3) is 0.619. The van der Waals surface area contributed by atoms with Gasteiger partial charge in [-0.3, -0.25) is 9.47 Å². The molecule has 1 aromatic heterocycles. The highest BCUT2D eigenvalue weighted by molar-refractivity contribution is 5.92. The molecule has 1 aliphatic heterocycles. The number of aromatic nitrogens is 2. The van der Waals surface area contributed by atoms with Crippen molar-refractivity contribution in [3.8, 4) is 5.75 Å². The first-order chi connectivity index (χ1) is 14.9. The van der Waals surface area contributed by atoms with Crippen LogP contribution in [0.4, 0.5) is 4.79 Å². The first kappa shape index (κ1) is 23.3. The van der Waals surface area contributed by atoms with Crippen LogP contribution in [0, 0.1) is 5.92 Å². The van der Waals surface area contributed by atoms with Crippen molar-refractivity contribution in [3.63, 3.8) is 0 Å². The van der Waals surface area contributed by atoms with Crippen molar-refractivity contribution in [3.05, 3.63) is 28.7 Å². The van der Waals surface area contributed by atoms with E-state index in [1.807, 2.05) is 13.8 Å². The molecule has 0 saturated carbocycles. The fourth-order valence-corrected chi connectivity index (χ4v) is 3.94. The van der Waals surface area contributed by atoms with E-state index < -0.39 is 24.0 Å². The van der Waals surface area contributed by atoms with E-state index in [0.29, 0.717) is 49.5 Å². The van der Waals surface area contributed by atoms with Crippen LogP contribution in [0.1, 0.15) is 20.3 Å². The number of imidazole rings is 1. The maximum Gasteiger partial charge on any atom is 0.337 e. The molecule has 1 aliphatic rings. The van der Waals surface area contributed by atoms with E-state index in [0.717, 1.165) is 17.7 Å². The van der Waals surface area contributed by atoms with Gasteiger partial charge in [0.2, 0.25) is 0 Å². The lowest BCUT2D eigenvalue weighted by Crippen LogP contribution is -2.53. The van der Waals surface area contributed by atoms with Crippen molar-refractivity contribution in [2.45, 2.75) is 39.1 Å². The van der Waals surface area contributed by atoms with Gasteiger partial charge in [0.15, 0.2) is 0 Å². The largest absolute Gasteiger partial charge is 0.494 e. The average Bonchev–Trinajstić information content (AvgIpc) is 3.07. The molecule has 3 rings (SSSR count). The summed E-state index contributed by atoms with van der Waals surface area (Å²) >= 11 is 0. The van der Waals surface area contributed by atoms with Crippen molar-refractivity contribution in [1.29, 1.82) is 0 Å². The Kier molecular flexibility index (Phi) is 7.71. The van der Waals surface area contributed by atoms with E-state index in [-0.39, 0.29) is 5.92 Å². The summed E-state index contributed by atoms with van der Waals surface area (Å²) in [5, 5.41) is 12.7. The van der Waals surface area contributed by atoms with Crippen molar-refractivity contribution in [1.82, 2.24) is 19.4 Å². The zero-order chi connectivity index (χ0) is 22.5. The second kappa shape index (κ2) is 10.3. The molecule has 1 saturated heterocycles. The number of fused-ring (bicyclic) bond motifs is 1. The topological polar surface area (TPSA) is 124 Å². The maximum atomic E-state index is 13.3. The van der Waals surface area contributed by atoms with Gasteiger partial charge in [-0.05, 0) is 18.1 Å². The van der Waals surface area contributed by atoms with E-state index in [2.05, 4.69) is 10.2 Å². The summed E-state index contributed by atoms with van der Waals surface area (Å²) in [5.74, 6) is 0.448. The highest BCUT2D eigenvalue weighted by atomic mass is 16.5. The van der Waals surface area contributed by atoms with Crippen molar-refractivity contribution < 1.29 is 19.4 Å². The fourth-order valence-electron chi connectivity index (χ4n) is 3.94. The van der Waals surface area contributed by atoms with Gasteiger partial charge in [-0.15, -0.1) is 0 Å². The van der Waals surface area contributed by atoms with Gasteiger partial charge in [0.05, 0.1) is 31.9 Å². The molecule has 1 fully saturated rings. The Hall–Kier alpha value is -2.40. The van der Waals surface area contributed by atoms with Crippen LogP contribution in [0.25, 0.3) is 11.0 Å². The maximum absolute atomic E-state index is 13.3. The molecule has 0 bridgehead atoms. The molecule has 3 atom stereocenters. The van der Waals surface area contributed by atoms with Crippen molar-refractivity contribution >= 4 is 17.1 Å². The van der Waals surface area contributed by atoms with Crippen LogP contribution < -0.4 is 21.5 Å². The highest BCUT2D eigenvalue weighted by Gasteiger charge is 2.27. The standard InChI is InChI=1S/C21H33N5O5/c1-4-14(2)17(19(22)27)23-20(28)26-15-6-5-7-16(30-3)18(15)25(21(26)29)9-8-24-10-12-31-13-11-24/h5-7,14,17,19,27H,4,8-13,22H2,1-3H3,(H,23,28)/t14-,17-,19?/m0/s1. The monoisotopic (exact) mass is 435 g/mol. The number of carbonyl (C=O) groups is 1. The van der Waals surface area contributed by atoms with Gasteiger partial charge in [-0.1, -0.05) is 26.3 Å². The number of nitrogens with zero attached hydrogens (tertiary/aromatic N) is 3. The molecule has 10 heteroatoms. The summed E-state index contributed by atoms with van der Waals surface area (Å²) in [4.78, 5) is 28.7. The Balaban J connectivity index is 1.98. The summed E-state index contributed by atoms with van der Waals surface area (Å²) < 4.78 is 13.5. The third-order valence-corrected chi connectivity index (χ3v) is 5.99. The van der Waals surface area contributed by atoms with Crippen LogP contribution in [0.2, 0.25) is 0 Å². The summed E-state index contributed by atoms with van der Waals surface area (Å²) in [6, 6.07) is 3.91. The van der Waals surface area contributed by atoms with Gasteiger partial charge in [0, 0.05) is 26.2 Å². The van der Waals surface area contributed by atoms with Gasteiger partial charge >= 0.3 is 11.7 Å². The molecule has 0 radical (unpaired) electrons. The molecule has 0 aliphatic carbocycles. The Labute approximate surface area is 181 Å². The van der Waals surface area contributed by atoms with Crippen LogP contribution in [0.3, 0.4) is 0 Å². The number of hydrogen-bond donors (Lipinski definition) is 3. The number of carbonyl (C=O) groups excluding carboxylic acids is 1. The molecule has 1 aromatic carbocycles. The van der Waals surface area contributed by atoms with Gasteiger partial charge in [-0.2, -0.15) is 0 Å². The number of ether oxygens (including phenoxy) is 2. The van der Waals surface area contributed by atoms with Gasteiger partial charge in [0.25, 0.3) is 0 Å². The number of aliphatic hydroxyl groups is 1. The number of para-hydroxylation sites is 1. The van der Waals surface area contributed by atoms with E-state index in [1.54, 1.807) is 22.8 Å². The van der Waals surface area contributed by atoms with Crippen LogP contribution >= 0.6 is 0 Å². The summed E-state index contributed by atoms with van der Waals surface area (Å²) in [7, 11) is 1.53. The van der Waals surface area contributed by atoms with Crippen LogP contribution in [0.15, 0.2) is 23.0 Å². The predicted molar refractivity (Wildman–Crippen MR) is 117 cm³/mol. The summed E-state index contributed by atoms with van der Waals surface area (Å²) in [5.41, 5.74) is 6.23. The first-order valence-corrected chi connectivity index (χ1v) is 10.7. The number of aliphatic hydroxyl groups excluding tert-OH is 1. The van der Waals surface area contributed by atoms with E-state index in [9.17, 15) is 14.7 Å². The second-order valence-corrected chi connectivity index (χ2v) is 7.90. The minimum Gasteiger partial charge on any atom is -0.494 e. The Morgan fingerprint density at radius 3 is 2.65 bits per heavy atom. The number of morpholine rings is 1. The molecular formula is C21H33N5O5. The lowest BCUT2D eigenvalue weighted by atomic mass is 9.98. The normalized spacial score (nSPS) is 18.0. The Morgan fingerprint density at radius 1 is 1.32 bits per heavy atom. The Morgan fingerprint density at radius 2 is 2.03 bits per heavy atom. The van der Waals surface area contributed by atoms with Gasteiger partial charge in [-0.25, -0.2) is 14.2 Å². The highest BCUT2D eigenvalue weighted by Crippen LogP contribution is 2.25. The van der Waals surface area contributed by atoms with Crippen LogP contribution in [-0.4, -0.2) is 77.4 Å². The number of benzene rings is 1.